The fourth-order valence-corrected chi connectivity index (χ4v) is 3.07. The monoisotopic (exact) mass is 360 g/mol. The molecule has 4 aromatic rings. The van der Waals surface area contributed by atoms with Crippen molar-refractivity contribution >= 4 is 16.7 Å². The molecule has 3 aromatic heterocycles. The summed E-state index contributed by atoms with van der Waals surface area (Å²) in [5, 5.41) is 8.26. The smallest absolute Gasteiger partial charge is 0.152 e. The Morgan fingerprint density at radius 1 is 1.11 bits per heavy atom. The molecule has 1 N–H and O–H groups in total. The predicted octanol–water partition coefficient (Wildman–Crippen LogP) is 3.07. The van der Waals surface area contributed by atoms with Crippen LogP contribution in [0.4, 0.5) is 5.82 Å². The van der Waals surface area contributed by atoms with Gasteiger partial charge in [-0.15, -0.1) is 0 Å². The minimum Gasteiger partial charge on any atom is -0.496 e. The molecule has 0 aliphatic rings. The number of rotatable bonds is 5. The van der Waals surface area contributed by atoms with Crippen molar-refractivity contribution in [3.8, 4) is 16.9 Å². The van der Waals surface area contributed by atoms with E-state index in [1.165, 1.54) is 0 Å². The number of benzene rings is 1. The predicted molar refractivity (Wildman–Crippen MR) is 105 cm³/mol. The second-order valence-corrected chi connectivity index (χ2v) is 6.24. The van der Waals surface area contributed by atoms with Crippen molar-refractivity contribution in [1.82, 2.24) is 24.7 Å². The summed E-state index contributed by atoms with van der Waals surface area (Å²) in [6.07, 6.45) is 7.97. The first-order valence-electron chi connectivity index (χ1n) is 8.62. The van der Waals surface area contributed by atoms with Gasteiger partial charge < -0.3 is 10.1 Å². The van der Waals surface area contributed by atoms with Crippen molar-refractivity contribution in [3.05, 3.63) is 60.4 Å². The Hall–Kier alpha value is -3.48. The maximum atomic E-state index is 5.61. The molecule has 0 bridgehead atoms. The highest BCUT2D eigenvalue weighted by Gasteiger charge is 2.11. The second-order valence-electron chi connectivity index (χ2n) is 6.24. The molecule has 0 aliphatic heterocycles. The lowest BCUT2D eigenvalue weighted by atomic mass is 10.0. The molecule has 7 nitrogen and oxygen atoms in total. The number of nitrogens with zero attached hydrogens (tertiary/aromatic N) is 5. The summed E-state index contributed by atoms with van der Waals surface area (Å²) in [6, 6.07) is 8.05. The average Bonchev–Trinajstić information content (AvgIpc) is 3.14. The standard InChI is InChI=1S/C20H20N6O/c1-21-20-19-15(6-7-22-20)10-23-18(25-19)9-14-5-4-13(8-17(14)27-3)16-11-24-26(2)12-16/h4-8,10-12H,9H2,1-3H3,(H,21,22). The van der Waals surface area contributed by atoms with Crippen LogP contribution in [0, 0.1) is 0 Å². The van der Waals surface area contributed by atoms with Crippen LogP contribution in [0.25, 0.3) is 22.0 Å². The minimum atomic E-state index is 0.574. The van der Waals surface area contributed by atoms with Crippen LogP contribution >= 0.6 is 0 Å². The molecular weight excluding hydrogens is 340 g/mol. The number of ether oxygens (including phenoxy) is 1. The van der Waals surface area contributed by atoms with Crippen LogP contribution in [0.3, 0.4) is 0 Å². The van der Waals surface area contributed by atoms with E-state index >= 15 is 0 Å². The van der Waals surface area contributed by atoms with E-state index in [2.05, 4.69) is 32.5 Å². The molecule has 0 radical (unpaired) electrons. The van der Waals surface area contributed by atoms with E-state index in [1.54, 1.807) is 18.0 Å². The summed E-state index contributed by atoms with van der Waals surface area (Å²) in [6.45, 7) is 0. The Morgan fingerprint density at radius 3 is 2.74 bits per heavy atom. The van der Waals surface area contributed by atoms with Crippen molar-refractivity contribution in [2.75, 3.05) is 19.5 Å². The molecule has 0 fully saturated rings. The third-order valence-electron chi connectivity index (χ3n) is 4.46. The number of hydrogen-bond donors (Lipinski definition) is 1. The molecule has 0 saturated heterocycles. The number of nitrogens with one attached hydrogen (secondary N) is 1. The summed E-state index contributed by atoms with van der Waals surface area (Å²) in [4.78, 5) is 13.5. The molecule has 3 heterocycles. The Kier molecular flexibility index (Phi) is 4.42. The molecule has 0 atom stereocenters. The Morgan fingerprint density at radius 2 is 2.00 bits per heavy atom. The Balaban J connectivity index is 1.68. The van der Waals surface area contributed by atoms with E-state index in [-0.39, 0.29) is 0 Å². The molecule has 0 unspecified atom stereocenters. The molecule has 0 amide bonds. The van der Waals surface area contributed by atoms with Gasteiger partial charge in [-0.2, -0.15) is 5.10 Å². The van der Waals surface area contributed by atoms with E-state index in [4.69, 9.17) is 9.72 Å². The highest BCUT2D eigenvalue weighted by Crippen LogP contribution is 2.28. The SMILES string of the molecule is CNc1nccc2cnc(Cc3ccc(-c4cnn(C)c4)cc3OC)nc12. The normalized spacial score (nSPS) is 10.9. The molecular formula is C20H20N6O. The van der Waals surface area contributed by atoms with Gasteiger partial charge in [-0.3, -0.25) is 4.68 Å². The number of fused-ring (bicyclic) bond motifs is 1. The summed E-state index contributed by atoms with van der Waals surface area (Å²) < 4.78 is 7.40. The van der Waals surface area contributed by atoms with Crippen LogP contribution in [0.2, 0.25) is 0 Å². The van der Waals surface area contributed by atoms with E-state index < -0.39 is 0 Å². The summed E-state index contributed by atoms with van der Waals surface area (Å²) in [5.74, 6) is 2.27. The molecule has 1 aromatic carbocycles. The van der Waals surface area contributed by atoms with Crippen LogP contribution in [-0.2, 0) is 13.5 Å². The highest BCUT2D eigenvalue weighted by atomic mass is 16.5. The molecule has 27 heavy (non-hydrogen) atoms. The third kappa shape index (κ3) is 3.31. The third-order valence-corrected chi connectivity index (χ3v) is 4.46. The van der Waals surface area contributed by atoms with Gasteiger partial charge in [0, 0.05) is 55.6 Å². The molecule has 0 aliphatic carbocycles. The van der Waals surface area contributed by atoms with E-state index in [0.717, 1.165) is 45.0 Å². The van der Waals surface area contributed by atoms with E-state index in [9.17, 15) is 0 Å². The Labute approximate surface area is 157 Å². The van der Waals surface area contributed by atoms with Gasteiger partial charge in [0.2, 0.25) is 0 Å². The Bertz CT molecular complexity index is 1100. The van der Waals surface area contributed by atoms with Crippen molar-refractivity contribution < 1.29 is 4.74 Å². The molecule has 0 saturated carbocycles. The van der Waals surface area contributed by atoms with Crippen LogP contribution in [0.1, 0.15) is 11.4 Å². The molecule has 0 spiro atoms. The number of anilines is 1. The lowest BCUT2D eigenvalue weighted by molar-refractivity contribution is 0.410. The zero-order valence-corrected chi connectivity index (χ0v) is 15.5. The van der Waals surface area contributed by atoms with Gasteiger partial charge in [-0.1, -0.05) is 12.1 Å². The molecule has 136 valence electrons. The maximum Gasteiger partial charge on any atom is 0.152 e. The zero-order valence-electron chi connectivity index (χ0n) is 15.5. The first kappa shape index (κ1) is 17.0. The maximum absolute atomic E-state index is 5.61. The van der Waals surface area contributed by atoms with Crippen molar-refractivity contribution in [2.24, 2.45) is 7.05 Å². The lowest BCUT2D eigenvalue weighted by Gasteiger charge is -2.11. The number of hydrogen-bond acceptors (Lipinski definition) is 6. The first-order valence-corrected chi connectivity index (χ1v) is 8.62. The summed E-state index contributed by atoms with van der Waals surface area (Å²) in [5.41, 5.74) is 3.95. The van der Waals surface area contributed by atoms with Gasteiger partial charge >= 0.3 is 0 Å². The quantitative estimate of drug-likeness (QED) is 0.589. The largest absolute Gasteiger partial charge is 0.496 e. The van der Waals surface area contributed by atoms with Crippen LogP contribution < -0.4 is 10.1 Å². The topological polar surface area (TPSA) is 77.8 Å². The van der Waals surface area contributed by atoms with Gasteiger partial charge in [0.05, 0.1) is 13.3 Å². The van der Waals surface area contributed by atoms with Crippen molar-refractivity contribution in [2.45, 2.75) is 6.42 Å². The number of aryl methyl sites for hydroxylation is 1. The summed E-state index contributed by atoms with van der Waals surface area (Å²) >= 11 is 0. The van der Waals surface area contributed by atoms with Gasteiger partial charge in [-0.25, -0.2) is 15.0 Å². The number of methoxy groups -OCH3 is 1. The molecule has 4 rings (SSSR count). The minimum absolute atomic E-state index is 0.574. The lowest BCUT2D eigenvalue weighted by Crippen LogP contribution is -2.02. The number of aromatic nitrogens is 5. The average molecular weight is 360 g/mol. The van der Waals surface area contributed by atoms with Crippen molar-refractivity contribution in [1.29, 1.82) is 0 Å². The van der Waals surface area contributed by atoms with Gasteiger partial charge in [0.15, 0.2) is 5.82 Å². The zero-order chi connectivity index (χ0) is 18.8. The van der Waals surface area contributed by atoms with Crippen LogP contribution in [-0.4, -0.2) is 38.9 Å². The first-order chi connectivity index (χ1) is 13.2. The summed E-state index contributed by atoms with van der Waals surface area (Å²) in [7, 11) is 5.42. The van der Waals surface area contributed by atoms with Gasteiger partial charge in [-0.05, 0) is 17.7 Å². The highest BCUT2D eigenvalue weighted by molar-refractivity contribution is 5.87. The van der Waals surface area contributed by atoms with Gasteiger partial charge in [0.25, 0.3) is 0 Å². The van der Waals surface area contributed by atoms with E-state index in [0.29, 0.717) is 6.42 Å². The van der Waals surface area contributed by atoms with E-state index in [1.807, 2.05) is 44.8 Å². The van der Waals surface area contributed by atoms with Crippen molar-refractivity contribution in [3.63, 3.8) is 0 Å². The van der Waals surface area contributed by atoms with Crippen LogP contribution in [0.15, 0.2) is 49.1 Å². The fraction of sp³-hybridized carbons (Fsp3) is 0.200. The van der Waals surface area contributed by atoms with Gasteiger partial charge in [0.1, 0.15) is 17.1 Å². The second kappa shape index (κ2) is 7.03. The van der Waals surface area contributed by atoms with Crippen LogP contribution in [0.5, 0.6) is 5.75 Å². The number of pyridine rings is 1. The fourth-order valence-electron chi connectivity index (χ4n) is 3.07. The molecule has 7 heteroatoms.